The van der Waals surface area contributed by atoms with Gasteiger partial charge in [-0.05, 0) is 77.6 Å². The highest BCUT2D eigenvalue weighted by Crippen LogP contribution is 2.51. The van der Waals surface area contributed by atoms with Crippen molar-refractivity contribution in [1.82, 2.24) is 19.4 Å². The molecule has 3 aliphatic rings. The molecule has 45 heavy (non-hydrogen) atoms. The highest BCUT2D eigenvalue weighted by molar-refractivity contribution is 5.74. The predicted octanol–water partition coefficient (Wildman–Crippen LogP) is 7.31. The molecule has 1 aromatic heterocycles. The average Bonchev–Trinajstić information content (AvgIpc) is 3.33. The molecule has 0 bridgehead atoms. The Morgan fingerprint density at radius 2 is 1.73 bits per heavy atom. The number of aryl methyl sites for hydroxylation is 1. The minimum Gasteiger partial charge on any atom is -0.480 e. The summed E-state index contributed by atoms with van der Waals surface area (Å²) < 4.78 is 20.6. The molecule has 9 heteroatoms. The van der Waals surface area contributed by atoms with Crippen molar-refractivity contribution in [3.05, 3.63) is 71.2 Å². The third-order valence-electron chi connectivity index (χ3n) is 9.45. The molecule has 1 spiro atoms. The van der Waals surface area contributed by atoms with Gasteiger partial charge in [-0.3, -0.25) is 0 Å². The molecule has 2 aromatic carbocycles. The fourth-order valence-corrected chi connectivity index (χ4v) is 7.24. The van der Waals surface area contributed by atoms with E-state index in [0.717, 1.165) is 52.5 Å². The van der Waals surface area contributed by atoms with Gasteiger partial charge in [0.25, 0.3) is 0 Å². The van der Waals surface area contributed by atoms with Gasteiger partial charge in [0, 0.05) is 56.5 Å². The molecule has 3 aromatic rings. The highest BCUT2D eigenvalue weighted by Gasteiger charge is 2.49. The topological polar surface area (TPSA) is 86.1 Å². The molecule has 4 heterocycles. The number of piperidine rings is 2. The summed E-state index contributed by atoms with van der Waals surface area (Å²) in [7, 11) is 2.10. The molecule has 9 nitrogen and oxygen atoms in total. The first-order chi connectivity index (χ1) is 21.3. The number of likely N-dealkylation sites (tertiary alicyclic amines) is 2. The summed E-state index contributed by atoms with van der Waals surface area (Å²) in [5, 5.41) is 0. The van der Waals surface area contributed by atoms with Crippen LogP contribution in [-0.4, -0.2) is 62.3 Å². The molecular formula is C36H46N4O5. The van der Waals surface area contributed by atoms with E-state index >= 15 is 0 Å². The molecule has 6 rings (SSSR count). The molecule has 0 radical (unpaired) electrons. The Morgan fingerprint density at radius 3 is 2.40 bits per heavy atom. The number of imidazole rings is 1. The second-order valence-electron chi connectivity index (χ2n) is 14.5. The van der Waals surface area contributed by atoms with Crippen LogP contribution in [0.15, 0.2) is 48.5 Å². The minimum atomic E-state index is -0.612. The van der Waals surface area contributed by atoms with Crippen molar-refractivity contribution >= 4 is 12.2 Å². The quantitative estimate of drug-likeness (QED) is 0.308. The Hall–Kier alpha value is -4.01. The number of fused-ring (bicyclic) bond motifs is 4. The smallest absolute Gasteiger partial charge is 0.410 e. The molecular weight excluding hydrogens is 568 g/mol. The number of benzene rings is 2. The molecule has 0 aliphatic carbocycles. The van der Waals surface area contributed by atoms with Crippen molar-refractivity contribution in [1.29, 1.82) is 0 Å². The Morgan fingerprint density at radius 1 is 1.02 bits per heavy atom. The van der Waals surface area contributed by atoms with Crippen molar-refractivity contribution in [2.75, 3.05) is 19.6 Å². The van der Waals surface area contributed by atoms with Gasteiger partial charge in [-0.25, -0.2) is 14.6 Å². The van der Waals surface area contributed by atoms with Crippen LogP contribution in [0.2, 0.25) is 0 Å². The maximum absolute atomic E-state index is 13.1. The van der Waals surface area contributed by atoms with Crippen LogP contribution in [0.25, 0.3) is 11.3 Å². The Labute approximate surface area is 266 Å². The number of hydrogen-bond acceptors (Lipinski definition) is 6. The van der Waals surface area contributed by atoms with Crippen molar-refractivity contribution in [2.45, 2.75) is 96.5 Å². The van der Waals surface area contributed by atoms with Crippen LogP contribution >= 0.6 is 0 Å². The van der Waals surface area contributed by atoms with E-state index in [2.05, 4.69) is 50.6 Å². The van der Waals surface area contributed by atoms with E-state index in [9.17, 15) is 9.59 Å². The zero-order chi connectivity index (χ0) is 32.1. The van der Waals surface area contributed by atoms with E-state index in [0.29, 0.717) is 32.5 Å². The van der Waals surface area contributed by atoms with Gasteiger partial charge in [0.15, 0.2) is 5.60 Å². The largest absolute Gasteiger partial charge is 0.480 e. The number of rotatable bonds is 3. The summed E-state index contributed by atoms with van der Waals surface area (Å²) in [5.41, 5.74) is 3.57. The molecule has 240 valence electrons. The van der Waals surface area contributed by atoms with Gasteiger partial charge >= 0.3 is 12.2 Å². The first kappa shape index (κ1) is 31.0. The van der Waals surface area contributed by atoms with Gasteiger partial charge in [0.05, 0.1) is 11.4 Å². The predicted molar refractivity (Wildman–Crippen MR) is 172 cm³/mol. The van der Waals surface area contributed by atoms with Gasteiger partial charge in [-0.2, -0.15) is 0 Å². The van der Waals surface area contributed by atoms with E-state index in [1.165, 1.54) is 0 Å². The molecule has 0 unspecified atom stereocenters. The Bertz CT molecular complexity index is 1580. The SMILES string of the molecule is Cc1ccc2c(c1)OC1(CCN(C(=O)OCc3ccccc3)CC1)c1c-2nc([C@@H]2CCN(C(=O)OC(C)(C)C)C(C)(C)C2)n1C. The lowest BCUT2D eigenvalue weighted by Gasteiger charge is -2.45. The van der Waals surface area contributed by atoms with E-state index in [1.807, 2.05) is 56.0 Å². The summed E-state index contributed by atoms with van der Waals surface area (Å²) in [6.45, 7) is 13.9. The number of carbonyl (C=O) groups excluding carboxylic acids is 2. The van der Waals surface area contributed by atoms with Crippen LogP contribution in [0.5, 0.6) is 5.75 Å². The Balaban J connectivity index is 1.26. The van der Waals surface area contributed by atoms with Crippen LogP contribution in [0.1, 0.15) is 88.9 Å². The second kappa shape index (κ2) is 11.4. The van der Waals surface area contributed by atoms with Crippen LogP contribution in [-0.2, 0) is 28.7 Å². The van der Waals surface area contributed by atoms with Gasteiger partial charge in [0.2, 0.25) is 0 Å². The van der Waals surface area contributed by atoms with Gasteiger partial charge in [0.1, 0.15) is 23.8 Å². The number of hydrogen-bond donors (Lipinski definition) is 0. The zero-order valence-electron chi connectivity index (χ0n) is 27.7. The third-order valence-corrected chi connectivity index (χ3v) is 9.45. The molecule has 2 amide bonds. The van der Waals surface area contributed by atoms with Gasteiger partial charge in [-0.1, -0.05) is 36.4 Å². The second-order valence-corrected chi connectivity index (χ2v) is 14.5. The summed E-state index contributed by atoms with van der Waals surface area (Å²) in [6, 6.07) is 16.1. The number of nitrogens with zero attached hydrogens (tertiary/aromatic N) is 4. The first-order valence-electron chi connectivity index (χ1n) is 16.1. The van der Waals surface area contributed by atoms with Gasteiger partial charge < -0.3 is 28.6 Å². The molecule has 1 atom stereocenters. The van der Waals surface area contributed by atoms with Crippen molar-refractivity contribution in [2.24, 2.45) is 7.05 Å². The lowest BCUT2D eigenvalue weighted by Crippen LogP contribution is -2.54. The molecule has 3 aliphatic heterocycles. The van der Waals surface area contributed by atoms with E-state index < -0.39 is 16.7 Å². The first-order valence-corrected chi connectivity index (χ1v) is 16.1. The van der Waals surface area contributed by atoms with E-state index in [4.69, 9.17) is 19.2 Å². The standard InChI is InChI=1S/C36H46N4O5/c1-24-13-14-27-28(21-24)44-36(16-19-39(20-17-36)32(41)43-23-25-11-9-8-10-12-25)30-29(27)37-31(38(30)7)26-15-18-40(35(5,6)22-26)33(42)45-34(2,3)4/h8-14,21,26H,15-20,22-23H2,1-7H3/t26-/m1/s1. The fraction of sp³-hybridized carbons (Fsp3) is 0.528. The molecule has 2 saturated heterocycles. The maximum Gasteiger partial charge on any atom is 0.410 e. The zero-order valence-corrected chi connectivity index (χ0v) is 27.7. The average molecular weight is 615 g/mol. The van der Waals surface area contributed by atoms with Crippen molar-refractivity contribution in [3.63, 3.8) is 0 Å². The van der Waals surface area contributed by atoms with Crippen LogP contribution in [0.3, 0.4) is 0 Å². The van der Waals surface area contributed by atoms with E-state index in [1.54, 1.807) is 4.90 Å². The summed E-state index contributed by atoms with van der Waals surface area (Å²) in [5.74, 6) is 2.01. The summed E-state index contributed by atoms with van der Waals surface area (Å²) in [6.07, 6.45) is 2.26. The van der Waals surface area contributed by atoms with E-state index in [-0.39, 0.29) is 24.7 Å². The summed E-state index contributed by atoms with van der Waals surface area (Å²) in [4.78, 5) is 35.1. The molecule has 0 N–H and O–H groups in total. The van der Waals surface area contributed by atoms with Crippen LogP contribution in [0.4, 0.5) is 9.59 Å². The number of amides is 2. The van der Waals surface area contributed by atoms with Crippen molar-refractivity contribution in [3.8, 4) is 17.0 Å². The van der Waals surface area contributed by atoms with Crippen molar-refractivity contribution < 1.29 is 23.8 Å². The van der Waals surface area contributed by atoms with Gasteiger partial charge in [-0.15, -0.1) is 0 Å². The number of aromatic nitrogens is 2. The van der Waals surface area contributed by atoms with Crippen LogP contribution in [0, 0.1) is 6.92 Å². The lowest BCUT2D eigenvalue weighted by molar-refractivity contribution is -0.0123. The lowest BCUT2D eigenvalue weighted by atomic mass is 9.82. The molecule has 2 fully saturated rings. The molecule has 0 saturated carbocycles. The Kier molecular flexibility index (Phi) is 7.86. The fourth-order valence-electron chi connectivity index (χ4n) is 7.24. The third kappa shape index (κ3) is 6.01. The monoisotopic (exact) mass is 614 g/mol. The van der Waals surface area contributed by atoms with Crippen LogP contribution < -0.4 is 4.74 Å². The minimum absolute atomic E-state index is 0.160. The summed E-state index contributed by atoms with van der Waals surface area (Å²) >= 11 is 0. The normalized spacial score (nSPS) is 20.2. The highest BCUT2D eigenvalue weighted by atomic mass is 16.6. The maximum atomic E-state index is 13.1. The number of carbonyl (C=O) groups is 2. The number of ether oxygens (including phenoxy) is 3.